The number of anilines is 1. The molecule has 1 aliphatic rings. The van der Waals surface area contributed by atoms with E-state index < -0.39 is 17.8 Å². The van der Waals surface area contributed by atoms with Crippen LogP contribution in [-0.2, 0) is 9.53 Å². The number of benzene rings is 1. The fourth-order valence-corrected chi connectivity index (χ4v) is 2.45. The molecule has 1 aromatic carbocycles. The van der Waals surface area contributed by atoms with Crippen LogP contribution in [0.2, 0.25) is 0 Å². The Hall–Kier alpha value is -2.70. The Morgan fingerprint density at radius 3 is 2.90 bits per heavy atom. The van der Waals surface area contributed by atoms with E-state index in [0.717, 1.165) is 0 Å². The van der Waals surface area contributed by atoms with Crippen molar-refractivity contribution in [2.75, 3.05) is 12.4 Å². The molecule has 1 aliphatic heterocycles. The second kappa shape index (κ2) is 5.01. The van der Waals surface area contributed by atoms with E-state index in [-0.39, 0.29) is 0 Å². The van der Waals surface area contributed by atoms with Crippen molar-refractivity contribution in [3.05, 3.63) is 53.2 Å². The van der Waals surface area contributed by atoms with Gasteiger partial charge in [0.15, 0.2) is 0 Å². The highest BCUT2D eigenvalue weighted by Gasteiger charge is 2.35. The van der Waals surface area contributed by atoms with E-state index in [4.69, 9.17) is 4.74 Å². The molecule has 0 saturated heterocycles. The van der Waals surface area contributed by atoms with Crippen molar-refractivity contribution < 1.29 is 13.9 Å². The van der Waals surface area contributed by atoms with Crippen LogP contribution in [0.25, 0.3) is 0 Å². The number of esters is 1. The average molecular weight is 288 g/mol. The first-order chi connectivity index (χ1) is 10.1. The van der Waals surface area contributed by atoms with Gasteiger partial charge in [0, 0.05) is 11.3 Å². The summed E-state index contributed by atoms with van der Waals surface area (Å²) >= 11 is 0. The highest BCUT2D eigenvalue weighted by atomic mass is 19.1. The molecule has 1 atom stereocenters. The predicted molar refractivity (Wildman–Crippen MR) is 72.9 cm³/mol. The molecule has 0 fully saturated rings. The minimum absolute atomic E-state index is 0.306. The van der Waals surface area contributed by atoms with Gasteiger partial charge in [-0.2, -0.15) is 10.1 Å². The quantitative estimate of drug-likeness (QED) is 0.854. The number of rotatable bonds is 2. The third-order valence-electron chi connectivity index (χ3n) is 3.40. The van der Waals surface area contributed by atoms with Crippen molar-refractivity contribution in [1.82, 2.24) is 14.8 Å². The Bertz CT molecular complexity index is 738. The second-order valence-corrected chi connectivity index (χ2v) is 4.61. The SMILES string of the molecule is COC(=O)C1=C(C)Nc2ncnn2C1c1ccccc1F. The molecule has 0 aliphatic carbocycles. The molecule has 0 bridgehead atoms. The van der Waals surface area contributed by atoms with Crippen LogP contribution in [0.5, 0.6) is 0 Å². The number of allylic oxidation sites excluding steroid dienone is 1. The number of carbonyl (C=O) groups is 1. The summed E-state index contributed by atoms with van der Waals surface area (Å²) in [5, 5.41) is 7.06. The van der Waals surface area contributed by atoms with Crippen LogP contribution in [0.1, 0.15) is 18.5 Å². The molecule has 21 heavy (non-hydrogen) atoms. The molecule has 3 rings (SSSR count). The van der Waals surface area contributed by atoms with Crippen molar-refractivity contribution in [2.45, 2.75) is 13.0 Å². The van der Waals surface area contributed by atoms with Crippen molar-refractivity contribution in [1.29, 1.82) is 0 Å². The summed E-state index contributed by atoms with van der Waals surface area (Å²) < 4.78 is 20.5. The number of nitrogens with one attached hydrogen (secondary N) is 1. The van der Waals surface area contributed by atoms with Gasteiger partial charge in [-0.15, -0.1) is 0 Å². The second-order valence-electron chi connectivity index (χ2n) is 4.61. The molecular weight excluding hydrogens is 275 g/mol. The smallest absolute Gasteiger partial charge is 0.338 e. The summed E-state index contributed by atoms with van der Waals surface area (Å²) in [6.07, 6.45) is 1.35. The van der Waals surface area contributed by atoms with Crippen LogP contribution in [0.3, 0.4) is 0 Å². The average Bonchev–Trinajstić information content (AvgIpc) is 2.93. The molecule has 0 radical (unpaired) electrons. The number of ether oxygens (including phenoxy) is 1. The molecule has 0 amide bonds. The molecule has 6 nitrogen and oxygen atoms in total. The van der Waals surface area contributed by atoms with Gasteiger partial charge in [-0.1, -0.05) is 18.2 Å². The number of halogens is 1. The maximum absolute atomic E-state index is 14.2. The minimum atomic E-state index is -0.711. The molecule has 0 spiro atoms. The maximum atomic E-state index is 14.2. The fourth-order valence-electron chi connectivity index (χ4n) is 2.45. The Kier molecular flexibility index (Phi) is 3.17. The van der Waals surface area contributed by atoms with Crippen LogP contribution in [0.15, 0.2) is 41.9 Å². The zero-order valence-corrected chi connectivity index (χ0v) is 11.5. The Morgan fingerprint density at radius 1 is 1.43 bits per heavy atom. The van der Waals surface area contributed by atoms with Gasteiger partial charge in [0.1, 0.15) is 18.2 Å². The first-order valence-corrected chi connectivity index (χ1v) is 6.33. The number of hydrogen-bond acceptors (Lipinski definition) is 5. The molecule has 2 heterocycles. The summed E-state index contributed by atoms with van der Waals surface area (Å²) in [4.78, 5) is 16.2. The molecule has 1 unspecified atom stereocenters. The van der Waals surface area contributed by atoms with Gasteiger partial charge in [-0.25, -0.2) is 13.9 Å². The third-order valence-corrected chi connectivity index (χ3v) is 3.40. The zero-order chi connectivity index (χ0) is 15.0. The van der Waals surface area contributed by atoms with Gasteiger partial charge in [0.25, 0.3) is 0 Å². The van der Waals surface area contributed by atoms with E-state index in [2.05, 4.69) is 15.4 Å². The summed E-state index contributed by atoms with van der Waals surface area (Å²) in [5.41, 5.74) is 1.21. The van der Waals surface area contributed by atoms with E-state index in [1.165, 1.54) is 24.2 Å². The standard InChI is InChI=1S/C14H13FN4O2/c1-8-11(13(20)21-2)12(9-5-3-4-6-10(9)15)19-14(18-8)16-7-17-19/h3-7,12H,1-2H3,(H,16,17,18). The van der Waals surface area contributed by atoms with Crippen molar-refractivity contribution >= 4 is 11.9 Å². The summed E-state index contributed by atoms with van der Waals surface area (Å²) in [6.45, 7) is 1.72. The van der Waals surface area contributed by atoms with Gasteiger partial charge < -0.3 is 10.1 Å². The number of hydrogen-bond donors (Lipinski definition) is 1. The van der Waals surface area contributed by atoms with Crippen molar-refractivity contribution in [3.63, 3.8) is 0 Å². The fraction of sp³-hybridized carbons (Fsp3) is 0.214. The van der Waals surface area contributed by atoms with Crippen LogP contribution >= 0.6 is 0 Å². The topological polar surface area (TPSA) is 69.0 Å². The summed E-state index contributed by atoms with van der Waals surface area (Å²) in [5.74, 6) is -0.497. The number of carbonyl (C=O) groups excluding carboxylic acids is 1. The van der Waals surface area contributed by atoms with Crippen LogP contribution in [0.4, 0.5) is 10.3 Å². The Labute approximate surface area is 120 Å². The summed E-state index contributed by atoms with van der Waals surface area (Å²) in [7, 11) is 1.29. The van der Waals surface area contributed by atoms with Crippen LogP contribution in [-0.4, -0.2) is 27.8 Å². The number of nitrogens with zero attached hydrogens (tertiary/aromatic N) is 3. The largest absolute Gasteiger partial charge is 0.466 e. The Morgan fingerprint density at radius 2 is 2.19 bits per heavy atom. The van der Waals surface area contributed by atoms with Crippen LogP contribution < -0.4 is 5.32 Å². The first-order valence-electron chi connectivity index (χ1n) is 6.33. The van der Waals surface area contributed by atoms with E-state index >= 15 is 0 Å². The lowest BCUT2D eigenvalue weighted by Crippen LogP contribution is -2.29. The number of fused-ring (bicyclic) bond motifs is 1. The van der Waals surface area contributed by atoms with E-state index in [1.54, 1.807) is 25.1 Å². The lowest BCUT2D eigenvalue weighted by Gasteiger charge is -2.28. The van der Waals surface area contributed by atoms with Gasteiger partial charge in [0.05, 0.1) is 12.7 Å². The number of aromatic nitrogens is 3. The zero-order valence-electron chi connectivity index (χ0n) is 11.5. The lowest BCUT2D eigenvalue weighted by molar-refractivity contribution is -0.136. The van der Waals surface area contributed by atoms with Gasteiger partial charge in [0.2, 0.25) is 5.95 Å². The molecule has 1 aromatic heterocycles. The van der Waals surface area contributed by atoms with E-state index in [9.17, 15) is 9.18 Å². The van der Waals surface area contributed by atoms with Crippen molar-refractivity contribution in [3.8, 4) is 0 Å². The van der Waals surface area contributed by atoms with Gasteiger partial charge >= 0.3 is 5.97 Å². The van der Waals surface area contributed by atoms with Gasteiger partial charge in [-0.3, -0.25) is 0 Å². The molecule has 7 heteroatoms. The van der Waals surface area contributed by atoms with E-state index in [1.807, 2.05) is 0 Å². The molecular formula is C14H13FN4O2. The monoisotopic (exact) mass is 288 g/mol. The predicted octanol–water partition coefficient (Wildman–Crippen LogP) is 1.88. The highest BCUT2D eigenvalue weighted by Crippen LogP contribution is 2.35. The maximum Gasteiger partial charge on any atom is 0.338 e. The van der Waals surface area contributed by atoms with Crippen LogP contribution in [0, 0.1) is 5.82 Å². The molecule has 0 saturated carbocycles. The van der Waals surface area contributed by atoms with E-state index in [0.29, 0.717) is 22.8 Å². The highest BCUT2D eigenvalue weighted by molar-refractivity contribution is 5.92. The molecule has 108 valence electrons. The van der Waals surface area contributed by atoms with Gasteiger partial charge in [-0.05, 0) is 13.0 Å². The van der Waals surface area contributed by atoms with Crippen molar-refractivity contribution in [2.24, 2.45) is 0 Å². The molecule has 2 aromatic rings. The lowest BCUT2D eigenvalue weighted by atomic mass is 9.95. The molecule has 1 N–H and O–H groups in total. The first kappa shape index (κ1) is 13.3. The Balaban J connectivity index is 2.23. The third kappa shape index (κ3) is 2.06. The normalized spacial score (nSPS) is 17.2. The minimum Gasteiger partial charge on any atom is -0.466 e. The summed E-state index contributed by atoms with van der Waals surface area (Å²) in [6, 6.07) is 5.56. The number of methoxy groups -OCH3 is 1.